The quantitative estimate of drug-likeness (QED) is 0.511. The van der Waals surface area contributed by atoms with Crippen LogP contribution in [-0.2, 0) is 11.3 Å². The summed E-state index contributed by atoms with van der Waals surface area (Å²) in [6.45, 7) is 8.27. The number of nitrogens with zero attached hydrogens (tertiary/aromatic N) is 2. The van der Waals surface area contributed by atoms with Crippen molar-refractivity contribution in [3.05, 3.63) is 11.9 Å². The standard InChI is InChI=1S/C14H25N3O2S/c1-4-6-15-12-7-14(20-10-11(3)8-18)17-13(16-12)9-19-5-2/h7,11,18H,4-6,8-10H2,1-3H3,(H,15,16,17). The van der Waals surface area contributed by atoms with Crippen LogP contribution in [0.3, 0.4) is 0 Å². The molecule has 2 N–H and O–H groups in total. The Morgan fingerprint density at radius 2 is 2.20 bits per heavy atom. The number of nitrogens with one attached hydrogen (secondary N) is 1. The number of anilines is 1. The van der Waals surface area contributed by atoms with Gasteiger partial charge >= 0.3 is 0 Å². The zero-order valence-corrected chi connectivity index (χ0v) is 13.4. The molecule has 0 saturated heterocycles. The third kappa shape index (κ3) is 6.54. The number of aromatic nitrogens is 2. The van der Waals surface area contributed by atoms with Crippen LogP contribution >= 0.6 is 11.8 Å². The Morgan fingerprint density at radius 1 is 1.40 bits per heavy atom. The van der Waals surface area contributed by atoms with Crippen molar-refractivity contribution in [2.45, 2.75) is 38.8 Å². The first-order valence-corrected chi connectivity index (χ1v) is 8.11. The number of aliphatic hydroxyl groups is 1. The lowest BCUT2D eigenvalue weighted by Crippen LogP contribution is -2.08. The van der Waals surface area contributed by atoms with Crippen LogP contribution in [0.15, 0.2) is 11.1 Å². The molecule has 5 nitrogen and oxygen atoms in total. The maximum atomic E-state index is 9.08. The predicted octanol–water partition coefficient (Wildman–Crippen LogP) is 2.56. The van der Waals surface area contributed by atoms with E-state index in [0.717, 1.165) is 29.6 Å². The van der Waals surface area contributed by atoms with Crippen molar-refractivity contribution >= 4 is 17.6 Å². The Hall–Kier alpha value is -0.850. The van der Waals surface area contributed by atoms with Gasteiger partial charge in [0.2, 0.25) is 0 Å². The van der Waals surface area contributed by atoms with Crippen molar-refractivity contribution in [1.29, 1.82) is 0 Å². The summed E-state index contributed by atoms with van der Waals surface area (Å²) in [7, 11) is 0. The van der Waals surface area contributed by atoms with Crippen molar-refractivity contribution in [1.82, 2.24) is 9.97 Å². The highest BCUT2D eigenvalue weighted by Crippen LogP contribution is 2.21. The molecule has 6 heteroatoms. The van der Waals surface area contributed by atoms with E-state index in [1.54, 1.807) is 11.8 Å². The Labute approximate surface area is 125 Å². The van der Waals surface area contributed by atoms with Crippen molar-refractivity contribution in [2.75, 3.05) is 30.8 Å². The van der Waals surface area contributed by atoms with Crippen LogP contribution in [0.1, 0.15) is 33.0 Å². The monoisotopic (exact) mass is 299 g/mol. The van der Waals surface area contributed by atoms with Gasteiger partial charge in [-0.3, -0.25) is 0 Å². The first-order chi connectivity index (χ1) is 9.69. The molecule has 0 saturated carbocycles. The number of hydrogen-bond acceptors (Lipinski definition) is 6. The Bertz CT molecular complexity index is 364. The summed E-state index contributed by atoms with van der Waals surface area (Å²) in [6, 6.07) is 1.96. The first kappa shape index (κ1) is 17.2. The van der Waals surface area contributed by atoms with Crippen molar-refractivity contribution in [3.8, 4) is 0 Å². The molecular weight excluding hydrogens is 274 g/mol. The van der Waals surface area contributed by atoms with Gasteiger partial charge in [0, 0.05) is 31.6 Å². The lowest BCUT2D eigenvalue weighted by Gasteiger charge is -2.11. The molecule has 0 bridgehead atoms. The summed E-state index contributed by atoms with van der Waals surface area (Å²) < 4.78 is 5.38. The Balaban J connectivity index is 2.73. The summed E-state index contributed by atoms with van der Waals surface area (Å²) in [5, 5.41) is 13.3. The summed E-state index contributed by atoms with van der Waals surface area (Å²) >= 11 is 1.64. The van der Waals surface area contributed by atoms with Crippen LogP contribution in [-0.4, -0.2) is 40.6 Å². The van der Waals surface area contributed by atoms with Gasteiger partial charge in [0.15, 0.2) is 5.82 Å². The molecular formula is C14H25N3O2S. The van der Waals surface area contributed by atoms with E-state index < -0.39 is 0 Å². The minimum absolute atomic E-state index is 0.199. The number of ether oxygens (including phenoxy) is 1. The summed E-state index contributed by atoms with van der Waals surface area (Å²) in [5.74, 6) is 2.65. The fraction of sp³-hybridized carbons (Fsp3) is 0.714. The fourth-order valence-corrected chi connectivity index (χ4v) is 2.35. The summed E-state index contributed by atoms with van der Waals surface area (Å²) in [5.41, 5.74) is 0. The van der Waals surface area contributed by atoms with Crippen LogP contribution < -0.4 is 5.32 Å². The molecule has 0 spiro atoms. The van der Waals surface area contributed by atoms with E-state index in [2.05, 4.69) is 22.2 Å². The van der Waals surface area contributed by atoms with Gasteiger partial charge in [-0.25, -0.2) is 9.97 Å². The molecule has 1 aromatic rings. The van der Waals surface area contributed by atoms with Gasteiger partial charge in [0.1, 0.15) is 17.5 Å². The molecule has 0 radical (unpaired) electrons. The SMILES string of the molecule is CCCNc1cc(SCC(C)CO)nc(COCC)n1. The Morgan fingerprint density at radius 3 is 2.85 bits per heavy atom. The largest absolute Gasteiger partial charge is 0.396 e. The second-order valence-electron chi connectivity index (χ2n) is 4.67. The van der Waals surface area contributed by atoms with Gasteiger partial charge in [-0.05, 0) is 19.3 Å². The average Bonchev–Trinajstić information content (AvgIpc) is 2.48. The van der Waals surface area contributed by atoms with E-state index in [-0.39, 0.29) is 12.5 Å². The molecule has 1 rings (SSSR count). The third-order valence-corrected chi connectivity index (χ3v) is 3.81. The van der Waals surface area contributed by atoms with Crippen LogP contribution in [0.4, 0.5) is 5.82 Å². The van der Waals surface area contributed by atoms with Gasteiger partial charge in [-0.2, -0.15) is 0 Å². The molecule has 0 aliphatic heterocycles. The molecule has 1 unspecified atom stereocenters. The lowest BCUT2D eigenvalue weighted by molar-refractivity contribution is 0.128. The molecule has 114 valence electrons. The van der Waals surface area contributed by atoms with Gasteiger partial charge < -0.3 is 15.2 Å². The lowest BCUT2D eigenvalue weighted by atomic mass is 10.2. The highest BCUT2D eigenvalue weighted by Gasteiger charge is 2.07. The second-order valence-corrected chi connectivity index (χ2v) is 5.71. The molecule has 0 aromatic carbocycles. The van der Waals surface area contributed by atoms with Crippen molar-refractivity contribution in [2.24, 2.45) is 5.92 Å². The normalized spacial score (nSPS) is 12.4. The highest BCUT2D eigenvalue weighted by molar-refractivity contribution is 7.99. The van der Waals surface area contributed by atoms with Gasteiger partial charge in [0.25, 0.3) is 0 Å². The second kappa shape index (κ2) is 9.96. The zero-order valence-electron chi connectivity index (χ0n) is 12.6. The molecule has 0 fully saturated rings. The molecule has 20 heavy (non-hydrogen) atoms. The Kier molecular flexibility index (Phi) is 8.57. The van der Waals surface area contributed by atoms with Crippen LogP contribution in [0.2, 0.25) is 0 Å². The first-order valence-electron chi connectivity index (χ1n) is 7.12. The third-order valence-electron chi connectivity index (χ3n) is 2.57. The smallest absolute Gasteiger partial charge is 0.157 e. The van der Waals surface area contributed by atoms with Gasteiger partial charge in [-0.15, -0.1) is 11.8 Å². The van der Waals surface area contributed by atoms with E-state index in [9.17, 15) is 0 Å². The highest BCUT2D eigenvalue weighted by atomic mass is 32.2. The summed E-state index contributed by atoms with van der Waals surface area (Å²) in [4.78, 5) is 8.94. The molecule has 1 aromatic heterocycles. The molecule has 0 aliphatic rings. The molecule has 1 heterocycles. The maximum Gasteiger partial charge on any atom is 0.157 e. The van der Waals surface area contributed by atoms with Crippen LogP contribution in [0.5, 0.6) is 0 Å². The van der Waals surface area contributed by atoms with Gasteiger partial charge in [-0.1, -0.05) is 13.8 Å². The number of thioether (sulfide) groups is 1. The maximum absolute atomic E-state index is 9.08. The van der Waals surface area contributed by atoms with Crippen molar-refractivity contribution < 1.29 is 9.84 Å². The molecule has 0 amide bonds. The van der Waals surface area contributed by atoms with Crippen LogP contribution in [0, 0.1) is 5.92 Å². The zero-order chi connectivity index (χ0) is 14.8. The number of aliphatic hydroxyl groups excluding tert-OH is 1. The predicted molar refractivity (Wildman–Crippen MR) is 83.1 cm³/mol. The average molecular weight is 299 g/mol. The van der Waals surface area contributed by atoms with Crippen LogP contribution in [0.25, 0.3) is 0 Å². The summed E-state index contributed by atoms with van der Waals surface area (Å²) in [6.07, 6.45) is 1.05. The van der Waals surface area contributed by atoms with Crippen molar-refractivity contribution in [3.63, 3.8) is 0 Å². The van der Waals surface area contributed by atoms with E-state index in [1.807, 2.05) is 19.9 Å². The van der Waals surface area contributed by atoms with E-state index in [4.69, 9.17) is 9.84 Å². The number of hydrogen-bond donors (Lipinski definition) is 2. The van der Waals surface area contributed by atoms with Gasteiger partial charge in [0.05, 0.1) is 0 Å². The topological polar surface area (TPSA) is 67.3 Å². The fourth-order valence-electron chi connectivity index (χ4n) is 1.43. The van der Waals surface area contributed by atoms with E-state index in [1.165, 1.54) is 0 Å². The molecule has 1 atom stereocenters. The minimum atomic E-state index is 0.199. The molecule has 0 aliphatic carbocycles. The minimum Gasteiger partial charge on any atom is -0.396 e. The number of rotatable bonds is 10. The van der Waals surface area contributed by atoms with E-state index in [0.29, 0.717) is 19.0 Å². The van der Waals surface area contributed by atoms with E-state index >= 15 is 0 Å².